The molecule has 0 unspecified atom stereocenters. The van der Waals surface area contributed by atoms with Gasteiger partial charge in [0, 0.05) is 6.20 Å². The van der Waals surface area contributed by atoms with E-state index in [1.807, 2.05) is 5.32 Å². The molecule has 0 aliphatic carbocycles. The van der Waals surface area contributed by atoms with Crippen molar-refractivity contribution in [1.82, 2.24) is 15.3 Å². The second-order valence-corrected chi connectivity index (χ2v) is 6.65. The SMILES string of the molecule is Cc1ccc(S(=O)(=O)Nc2ncc(C(=O)NCC(=O)O)c(=O)[nH]2)cc1. The zero-order chi connectivity index (χ0) is 18.6. The molecule has 0 aliphatic rings. The highest BCUT2D eigenvalue weighted by Crippen LogP contribution is 2.13. The average molecular weight is 366 g/mol. The predicted octanol–water partition coefficient (Wildman–Crippen LogP) is -0.306. The molecule has 0 saturated heterocycles. The highest BCUT2D eigenvalue weighted by Gasteiger charge is 2.17. The molecule has 1 heterocycles. The Morgan fingerprint density at radius 3 is 2.44 bits per heavy atom. The number of aromatic nitrogens is 2. The number of aromatic amines is 1. The first-order chi connectivity index (χ1) is 11.7. The smallest absolute Gasteiger partial charge is 0.322 e. The van der Waals surface area contributed by atoms with Crippen molar-refractivity contribution in [1.29, 1.82) is 0 Å². The van der Waals surface area contributed by atoms with Crippen molar-refractivity contribution in [2.75, 3.05) is 11.3 Å². The molecule has 1 amide bonds. The van der Waals surface area contributed by atoms with Crippen LogP contribution in [0.1, 0.15) is 15.9 Å². The second-order valence-electron chi connectivity index (χ2n) is 4.97. The number of sulfonamides is 1. The Morgan fingerprint density at radius 1 is 1.24 bits per heavy atom. The van der Waals surface area contributed by atoms with Gasteiger partial charge in [0.2, 0.25) is 5.95 Å². The number of aliphatic carboxylic acids is 1. The van der Waals surface area contributed by atoms with Crippen molar-refractivity contribution in [3.8, 4) is 0 Å². The molecule has 10 nitrogen and oxygen atoms in total. The maximum Gasteiger partial charge on any atom is 0.322 e. The molecular formula is C14H14N4O6S. The molecule has 0 atom stereocenters. The van der Waals surface area contributed by atoms with Crippen LogP contribution in [-0.4, -0.2) is 41.9 Å². The summed E-state index contributed by atoms with van der Waals surface area (Å²) in [6.07, 6.45) is 0.850. The van der Waals surface area contributed by atoms with Crippen molar-refractivity contribution >= 4 is 27.8 Å². The van der Waals surface area contributed by atoms with Crippen molar-refractivity contribution in [2.45, 2.75) is 11.8 Å². The summed E-state index contributed by atoms with van der Waals surface area (Å²) in [5.41, 5.74) is -0.485. The number of aryl methyl sites for hydroxylation is 1. The molecule has 0 radical (unpaired) electrons. The summed E-state index contributed by atoms with van der Waals surface area (Å²) in [7, 11) is -3.96. The summed E-state index contributed by atoms with van der Waals surface area (Å²) in [6, 6.07) is 6.01. The Labute approximate surface area is 142 Å². The standard InChI is InChI=1S/C14H14N4O6S/c1-8-2-4-9(5-3-8)25(23,24)18-14-16-6-10(13(22)17-14)12(21)15-7-11(19)20/h2-6H,7H2,1H3,(H,15,21)(H,19,20)(H2,16,17,18,22). The third-order valence-electron chi connectivity index (χ3n) is 3.01. The molecular weight excluding hydrogens is 352 g/mol. The third-order valence-corrected chi connectivity index (χ3v) is 4.36. The van der Waals surface area contributed by atoms with Crippen LogP contribution in [0.4, 0.5) is 5.95 Å². The molecule has 0 aliphatic heterocycles. The average Bonchev–Trinajstić information content (AvgIpc) is 2.52. The van der Waals surface area contributed by atoms with Crippen LogP contribution in [0.15, 0.2) is 40.2 Å². The summed E-state index contributed by atoms with van der Waals surface area (Å²) in [5.74, 6) is -2.59. The van der Waals surface area contributed by atoms with E-state index in [9.17, 15) is 22.8 Å². The number of nitrogens with zero attached hydrogens (tertiary/aromatic N) is 1. The Bertz CT molecular complexity index is 966. The number of carbonyl (C=O) groups excluding carboxylic acids is 1. The van der Waals surface area contributed by atoms with Gasteiger partial charge in [-0.1, -0.05) is 17.7 Å². The number of carbonyl (C=O) groups is 2. The number of carboxylic acids is 1. The van der Waals surface area contributed by atoms with Crippen molar-refractivity contribution in [2.24, 2.45) is 0 Å². The van der Waals surface area contributed by atoms with Gasteiger partial charge in [0.15, 0.2) is 0 Å². The number of rotatable bonds is 6. The first kappa shape index (κ1) is 18.1. The highest BCUT2D eigenvalue weighted by atomic mass is 32.2. The van der Waals surface area contributed by atoms with E-state index in [0.29, 0.717) is 0 Å². The maximum absolute atomic E-state index is 12.2. The van der Waals surface area contributed by atoms with Gasteiger partial charge in [0.25, 0.3) is 21.5 Å². The molecule has 2 rings (SSSR count). The monoisotopic (exact) mass is 366 g/mol. The predicted molar refractivity (Wildman–Crippen MR) is 86.8 cm³/mol. The lowest BCUT2D eigenvalue weighted by atomic mass is 10.2. The van der Waals surface area contributed by atoms with E-state index in [2.05, 4.69) is 14.7 Å². The van der Waals surface area contributed by atoms with Gasteiger partial charge in [0.1, 0.15) is 12.1 Å². The fourth-order valence-corrected chi connectivity index (χ4v) is 2.73. The highest BCUT2D eigenvalue weighted by molar-refractivity contribution is 7.92. The summed E-state index contributed by atoms with van der Waals surface area (Å²) in [5, 5.41) is 10.5. The number of anilines is 1. The molecule has 0 saturated carbocycles. The van der Waals surface area contributed by atoms with E-state index in [4.69, 9.17) is 5.11 Å². The molecule has 0 fully saturated rings. The Kier molecular flexibility index (Phi) is 5.17. The van der Waals surface area contributed by atoms with Gasteiger partial charge in [-0.15, -0.1) is 0 Å². The first-order valence-electron chi connectivity index (χ1n) is 6.88. The van der Waals surface area contributed by atoms with E-state index in [1.54, 1.807) is 19.1 Å². The molecule has 0 bridgehead atoms. The molecule has 132 valence electrons. The number of benzene rings is 1. The Balaban J connectivity index is 2.20. The minimum Gasteiger partial charge on any atom is -0.480 e. The van der Waals surface area contributed by atoms with Gasteiger partial charge in [-0.25, -0.2) is 18.1 Å². The van der Waals surface area contributed by atoms with E-state index < -0.39 is 39.6 Å². The lowest BCUT2D eigenvalue weighted by molar-refractivity contribution is -0.135. The minimum atomic E-state index is -3.96. The van der Waals surface area contributed by atoms with Gasteiger partial charge < -0.3 is 10.4 Å². The van der Waals surface area contributed by atoms with Crippen LogP contribution in [0.2, 0.25) is 0 Å². The van der Waals surface area contributed by atoms with Crippen molar-refractivity contribution in [3.05, 3.63) is 51.9 Å². The van der Waals surface area contributed by atoms with Gasteiger partial charge in [-0.05, 0) is 19.1 Å². The normalized spacial score (nSPS) is 10.9. The summed E-state index contributed by atoms with van der Waals surface area (Å²) < 4.78 is 26.5. The topological polar surface area (TPSA) is 158 Å². The zero-order valence-electron chi connectivity index (χ0n) is 12.9. The fourth-order valence-electron chi connectivity index (χ4n) is 1.76. The number of carboxylic acid groups (broad SMARTS) is 1. The van der Waals surface area contributed by atoms with Gasteiger partial charge in [-0.3, -0.25) is 19.4 Å². The third kappa shape index (κ3) is 4.64. The summed E-state index contributed by atoms with van der Waals surface area (Å²) in [4.78, 5) is 39.6. The molecule has 25 heavy (non-hydrogen) atoms. The molecule has 1 aromatic heterocycles. The van der Waals surface area contributed by atoms with Crippen LogP contribution < -0.4 is 15.6 Å². The first-order valence-corrected chi connectivity index (χ1v) is 8.36. The van der Waals surface area contributed by atoms with Crippen LogP contribution in [0.5, 0.6) is 0 Å². The van der Waals surface area contributed by atoms with Crippen LogP contribution in [-0.2, 0) is 14.8 Å². The summed E-state index contributed by atoms with van der Waals surface area (Å²) in [6.45, 7) is 1.14. The van der Waals surface area contributed by atoms with E-state index in [0.717, 1.165) is 11.8 Å². The number of nitrogens with one attached hydrogen (secondary N) is 3. The molecule has 11 heteroatoms. The number of amides is 1. The summed E-state index contributed by atoms with van der Waals surface area (Å²) >= 11 is 0. The molecule has 0 spiro atoms. The number of hydrogen-bond donors (Lipinski definition) is 4. The minimum absolute atomic E-state index is 0.0240. The molecule has 4 N–H and O–H groups in total. The van der Waals surface area contributed by atoms with E-state index in [-0.39, 0.29) is 10.8 Å². The molecule has 2 aromatic rings. The Morgan fingerprint density at radius 2 is 1.88 bits per heavy atom. The quantitative estimate of drug-likeness (QED) is 0.546. The van der Waals surface area contributed by atoms with E-state index >= 15 is 0 Å². The maximum atomic E-state index is 12.2. The van der Waals surface area contributed by atoms with Gasteiger partial charge in [0.05, 0.1) is 4.90 Å². The molecule has 1 aromatic carbocycles. The zero-order valence-corrected chi connectivity index (χ0v) is 13.8. The van der Waals surface area contributed by atoms with Crippen LogP contribution in [0, 0.1) is 6.92 Å². The van der Waals surface area contributed by atoms with Gasteiger partial charge in [-0.2, -0.15) is 0 Å². The largest absolute Gasteiger partial charge is 0.480 e. The van der Waals surface area contributed by atoms with E-state index in [1.165, 1.54) is 12.1 Å². The lowest BCUT2D eigenvalue weighted by Gasteiger charge is -2.08. The van der Waals surface area contributed by atoms with Gasteiger partial charge >= 0.3 is 5.97 Å². The van der Waals surface area contributed by atoms with Crippen molar-refractivity contribution in [3.63, 3.8) is 0 Å². The van der Waals surface area contributed by atoms with Crippen LogP contribution >= 0.6 is 0 Å². The Hall–Kier alpha value is -3.21. The second kappa shape index (κ2) is 7.13. The number of H-pyrrole nitrogens is 1. The van der Waals surface area contributed by atoms with Crippen LogP contribution in [0.3, 0.4) is 0 Å². The lowest BCUT2D eigenvalue weighted by Crippen LogP contribution is -2.34. The number of hydrogen-bond acceptors (Lipinski definition) is 6. The van der Waals surface area contributed by atoms with Crippen molar-refractivity contribution < 1.29 is 23.1 Å². The van der Waals surface area contributed by atoms with Crippen LogP contribution in [0.25, 0.3) is 0 Å². The fraction of sp³-hybridized carbons (Fsp3) is 0.143.